The van der Waals surface area contributed by atoms with Gasteiger partial charge in [-0.2, -0.15) is 5.26 Å². The van der Waals surface area contributed by atoms with Crippen molar-refractivity contribution in [3.05, 3.63) is 52.8 Å². The SMILES string of the molecule is CCC(Sc1cc(C)c2ccccc2n1)C(=O)Nc1oc(C)c(C)c1C#N. The van der Waals surface area contributed by atoms with E-state index in [-0.39, 0.29) is 17.0 Å². The number of para-hydroxylation sites is 1. The van der Waals surface area contributed by atoms with Gasteiger partial charge in [-0.1, -0.05) is 36.9 Å². The summed E-state index contributed by atoms with van der Waals surface area (Å²) in [6, 6.07) is 12.1. The smallest absolute Gasteiger partial charge is 0.240 e. The van der Waals surface area contributed by atoms with Gasteiger partial charge < -0.3 is 4.42 Å². The number of anilines is 1. The zero-order chi connectivity index (χ0) is 19.6. The summed E-state index contributed by atoms with van der Waals surface area (Å²) < 4.78 is 5.55. The first kappa shape index (κ1) is 19.0. The average Bonchev–Trinajstić information content (AvgIpc) is 2.92. The van der Waals surface area contributed by atoms with Crippen molar-refractivity contribution >= 4 is 34.5 Å². The number of nitriles is 1. The molecule has 0 fully saturated rings. The number of hydrogen-bond donors (Lipinski definition) is 1. The van der Waals surface area contributed by atoms with Crippen LogP contribution in [-0.4, -0.2) is 16.1 Å². The van der Waals surface area contributed by atoms with Crippen molar-refractivity contribution in [3.8, 4) is 6.07 Å². The molecule has 0 saturated heterocycles. The second-order valence-corrected chi connectivity index (χ2v) is 7.62. The average molecular weight is 379 g/mol. The Hall–Kier alpha value is -2.78. The summed E-state index contributed by atoms with van der Waals surface area (Å²) in [6.45, 7) is 7.58. The molecular weight excluding hydrogens is 358 g/mol. The molecule has 0 saturated carbocycles. The van der Waals surface area contributed by atoms with Crippen molar-refractivity contribution in [2.45, 2.75) is 44.4 Å². The highest BCUT2D eigenvalue weighted by Crippen LogP contribution is 2.30. The highest BCUT2D eigenvalue weighted by Gasteiger charge is 2.23. The molecular formula is C21H21N3O2S. The van der Waals surface area contributed by atoms with E-state index < -0.39 is 0 Å². The molecule has 5 nitrogen and oxygen atoms in total. The van der Waals surface area contributed by atoms with Gasteiger partial charge in [0.25, 0.3) is 0 Å². The third kappa shape index (κ3) is 3.83. The molecule has 138 valence electrons. The lowest BCUT2D eigenvalue weighted by Gasteiger charge is -2.14. The normalized spacial score (nSPS) is 12.0. The van der Waals surface area contributed by atoms with Gasteiger partial charge in [0.05, 0.1) is 15.8 Å². The fraction of sp³-hybridized carbons (Fsp3) is 0.286. The summed E-state index contributed by atoms with van der Waals surface area (Å²) in [5.74, 6) is 0.661. The second-order valence-electron chi connectivity index (χ2n) is 6.40. The van der Waals surface area contributed by atoms with Gasteiger partial charge in [-0.05, 0) is 44.9 Å². The van der Waals surface area contributed by atoms with Crippen LogP contribution in [0.15, 0.2) is 39.8 Å². The van der Waals surface area contributed by atoms with E-state index in [4.69, 9.17) is 4.42 Å². The molecule has 6 heteroatoms. The predicted molar refractivity (Wildman–Crippen MR) is 108 cm³/mol. The van der Waals surface area contributed by atoms with Crippen LogP contribution in [-0.2, 0) is 4.79 Å². The molecule has 1 amide bonds. The largest absolute Gasteiger partial charge is 0.444 e. The number of carbonyl (C=O) groups is 1. The highest BCUT2D eigenvalue weighted by molar-refractivity contribution is 8.00. The number of fused-ring (bicyclic) bond motifs is 1. The third-order valence-electron chi connectivity index (χ3n) is 4.56. The van der Waals surface area contributed by atoms with Gasteiger partial charge in [-0.25, -0.2) is 4.98 Å². The Morgan fingerprint density at radius 2 is 2.07 bits per heavy atom. The molecule has 0 aliphatic carbocycles. The molecule has 0 aliphatic rings. The van der Waals surface area contributed by atoms with Crippen LogP contribution >= 0.6 is 11.8 Å². The Bertz CT molecular complexity index is 1050. The standard InChI is InChI=1S/C21H21N3O2S/c1-5-18(20(25)24-21-16(11-22)13(3)14(4)26-21)27-19-10-12(2)15-8-6-7-9-17(15)23-19/h6-10,18H,5H2,1-4H3,(H,24,25). The quantitative estimate of drug-likeness (QED) is 0.621. The number of amides is 1. The number of carbonyl (C=O) groups excluding carboxylic acids is 1. The summed E-state index contributed by atoms with van der Waals surface area (Å²) in [4.78, 5) is 17.4. The zero-order valence-corrected chi connectivity index (χ0v) is 16.6. The topological polar surface area (TPSA) is 78.9 Å². The van der Waals surface area contributed by atoms with Crippen LogP contribution in [0.1, 0.15) is 35.8 Å². The molecule has 0 bridgehead atoms. The zero-order valence-electron chi connectivity index (χ0n) is 15.8. The van der Waals surface area contributed by atoms with Crippen molar-refractivity contribution in [3.63, 3.8) is 0 Å². The first-order chi connectivity index (χ1) is 12.9. The number of hydrogen-bond acceptors (Lipinski definition) is 5. The fourth-order valence-corrected chi connectivity index (χ4v) is 3.91. The molecule has 1 unspecified atom stereocenters. The van der Waals surface area contributed by atoms with E-state index in [1.807, 2.05) is 44.2 Å². The number of furan rings is 1. The van der Waals surface area contributed by atoms with Crippen LogP contribution in [0.5, 0.6) is 0 Å². The van der Waals surface area contributed by atoms with Gasteiger partial charge in [0.2, 0.25) is 11.8 Å². The molecule has 3 aromatic rings. The number of aryl methyl sites for hydroxylation is 2. The van der Waals surface area contributed by atoms with Crippen LogP contribution < -0.4 is 5.32 Å². The molecule has 0 radical (unpaired) electrons. The Kier molecular flexibility index (Phi) is 5.52. The number of nitrogens with zero attached hydrogens (tertiary/aromatic N) is 2. The van der Waals surface area contributed by atoms with Crippen molar-refractivity contribution in [2.75, 3.05) is 5.32 Å². The van der Waals surface area contributed by atoms with Gasteiger partial charge in [0.15, 0.2) is 0 Å². The highest BCUT2D eigenvalue weighted by atomic mass is 32.2. The molecule has 0 spiro atoms. The van der Waals surface area contributed by atoms with Crippen LogP contribution in [0.2, 0.25) is 0 Å². The van der Waals surface area contributed by atoms with Gasteiger partial charge >= 0.3 is 0 Å². The number of benzene rings is 1. The monoisotopic (exact) mass is 379 g/mol. The van der Waals surface area contributed by atoms with E-state index >= 15 is 0 Å². The van der Waals surface area contributed by atoms with Crippen molar-refractivity contribution in [1.29, 1.82) is 5.26 Å². The Morgan fingerprint density at radius 1 is 1.33 bits per heavy atom. The van der Waals surface area contributed by atoms with E-state index in [2.05, 4.69) is 16.4 Å². The lowest BCUT2D eigenvalue weighted by Crippen LogP contribution is -2.24. The van der Waals surface area contributed by atoms with E-state index in [1.165, 1.54) is 11.8 Å². The summed E-state index contributed by atoms with van der Waals surface area (Å²) >= 11 is 1.42. The van der Waals surface area contributed by atoms with Crippen LogP contribution in [0, 0.1) is 32.1 Å². The number of nitrogens with one attached hydrogen (secondary N) is 1. The van der Waals surface area contributed by atoms with Crippen molar-refractivity contribution in [1.82, 2.24) is 4.98 Å². The summed E-state index contributed by atoms with van der Waals surface area (Å²) in [7, 11) is 0. The second kappa shape index (κ2) is 7.85. The lowest BCUT2D eigenvalue weighted by molar-refractivity contribution is -0.115. The molecule has 3 rings (SSSR count). The first-order valence-electron chi connectivity index (χ1n) is 8.78. The fourth-order valence-electron chi connectivity index (χ4n) is 2.89. The number of thioether (sulfide) groups is 1. The van der Waals surface area contributed by atoms with E-state index in [9.17, 15) is 10.1 Å². The molecule has 1 N–H and O–H groups in total. The lowest BCUT2D eigenvalue weighted by atomic mass is 10.1. The van der Waals surface area contributed by atoms with E-state index in [0.29, 0.717) is 17.7 Å². The van der Waals surface area contributed by atoms with E-state index in [0.717, 1.165) is 27.1 Å². The molecule has 1 atom stereocenters. The van der Waals surface area contributed by atoms with E-state index in [1.54, 1.807) is 13.8 Å². The molecule has 27 heavy (non-hydrogen) atoms. The van der Waals surface area contributed by atoms with Crippen LogP contribution in [0.4, 0.5) is 5.88 Å². The maximum atomic E-state index is 12.8. The molecule has 2 heterocycles. The van der Waals surface area contributed by atoms with Gasteiger partial charge in [0, 0.05) is 10.9 Å². The minimum Gasteiger partial charge on any atom is -0.444 e. The number of pyridine rings is 1. The van der Waals surface area contributed by atoms with Crippen LogP contribution in [0.25, 0.3) is 10.9 Å². The summed E-state index contributed by atoms with van der Waals surface area (Å²) in [5.41, 5.74) is 3.17. The number of aromatic nitrogens is 1. The van der Waals surface area contributed by atoms with Crippen molar-refractivity contribution in [2.24, 2.45) is 0 Å². The predicted octanol–water partition coefficient (Wildman–Crippen LogP) is 5.13. The first-order valence-corrected chi connectivity index (χ1v) is 9.66. The minimum absolute atomic E-state index is 0.194. The van der Waals surface area contributed by atoms with Gasteiger partial charge in [0.1, 0.15) is 17.4 Å². The maximum absolute atomic E-state index is 12.8. The Morgan fingerprint density at radius 3 is 2.78 bits per heavy atom. The summed E-state index contributed by atoms with van der Waals surface area (Å²) in [5, 5.41) is 13.7. The Balaban J connectivity index is 1.82. The molecule has 1 aromatic carbocycles. The maximum Gasteiger partial charge on any atom is 0.240 e. The minimum atomic E-state index is -0.338. The molecule has 0 aliphatic heterocycles. The Labute approximate surface area is 162 Å². The molecule has 2 aromatic heterocycles. The van der Waals surface area contributed by atoms with Crippen molar-refractivity contribution < 1.29 is 9.21 Å². The van der Waals surface area contributed by atoms with Gasteiger partial charge in [-0.3, -0.25) is 10.1 Å². The number of rotatable bonds is 5. The van der Waals surface area contributed by atoms with Gasteiger partial charge in [-0.15, -0.1) is 0 Å². The third-order valence-corrected chi connectivity index (χ3v) is 5.84. The van der Waals surface area contributed by atoms with Crippen LogP contribution in [0.3, 0.4) is 0 Å². The summed E-state index contributed by atoms with van der Waals surface area (Å²) in [6.07, 6.45) is 0.630.